The quantitative estimate of drug-likeness (QED) is 0.340. The van der Waals surface area contributed by atoms with E-state index in [1.807, 2.05) is 37.3 Å². The lowest BCUT2D eigenvalue weighted by Crippen LogP contribution is -2.50. The van der Waals surface area contributed by atoms with E-state index in [4.69, 9.17) is 11.6 Å². The van der Waals surface area contributed by atoms with Gasteiger partial charge in [-0.2, -0.15) is 0 Å². The third-order valence-electron chi connectivity index (χ3n) is 6.93. The highest BCUT2D eigenvalue weighted by molar-refractivity contribution is 9.09. The molecule has 3 nitrogen and oxygen atoms in total. The highest BCUT2D eigenvalue weighted by Gasteiger charge is 2.67. The molecule has 148 valence electrons. The average molecular weight is 479 g/mol. The smallest absolute Gasteiger partial charge is 0.239 e. The molecule has 3 aromatic carbocycles. The maximum atomic E-state index is 13.8. The molecule has 0 spiro atoms. The third kappa shape index (κ3) is 2.06. The Morgan fingerprint density at radius 1 is 0.900 bits per heavy atom. The molecular weight excluding hydrogens is 462 g/mol. The molecule has 0 aromatic heterocycles. The van der Waals surface area contributed by atoms with Gasteiger partial charge >= 0.3 is 0 Å². The Bertz CT molecular complexity index is 1220. The number of carbonyl (C=O) groups is 2. The summed E-state index contributed by atoms with van der Waals surface area (Å²) in [6.45, 7) is 1.90. The molecule has 0 saturated carbocycles. The van der Waals surface area contributed by atoms with E-state index in [-0.39, 0.29) is 17.7 Å². The van der Waals surface area contributed by atoms with Crippen molar-refractivity contribution in [2.45, 2.75) is 17.2 Å². The summed E-state index contributed by atoms with van der Waals surface area (Å²) < 4.78 is -0.727. The van der Waals surface area contributed by atoms with Crippen LogP contribution in [0.2, 0.25) is 5.02 Å². The van der Waals surface area contributed by atoms with Crippen molar-refractivity contribution in [3.8, 4) is 0 Å². The Hall–Kier alpha value is -2.43. The van der Waals surface area contributed by atoms with Crippen LogP contribution in [0.4, 0.5) is 5.69 Å². The molecule has 30 heavy (non-hydrogen) atoms. The largest absolute Gasteiger partial charge is 0.274 e. The normalized spacial score (nSPS) is 28.4. The molecule has 1 saturated heterocycles. The van der Waals surface area contributed by atoms with E-state index in [0.29, 0.717) is 10.7 Å². The Balaban J connectivity index is 1.60. The van der Waals surface area contributed by atoms with Crippen LogP contribution in [0.3, 0.4) is 0 Å². The van der Waals surface area contributed by atoms with E-state index in [1.165, 1.54) is 4.90 Å². The Labute approximate surface area is 187 Å². The maximum absolute atomic E-state index is 13.8. The average Bonchev–Trinajstić information content (AvgIpc) is 3.02. The van der Waals surface area contributed by atoms with Gasteiger partial charge in [0.25, 0.3) is 0 Å². The lowest BCUT2D eigenvalue weighted by molar-refractivity contribution is -0.122. The fourth-order valence-corrected chi connectivity index (χ4v) is 7.03. The summed E-state index contributed by atoms with van der Waals surface area (Å²) in [5.41, 5.74) is 5.87. The molecule has 0 unspecified atom stereocenters. The molecule has 2 amide bonds. The van der Waals surface area contributed by atoms with E-state index >= 15 is 0 Å². The zero-order chi connectivity index (χ0) is 20.8. The van der Waals surface area contributed by atoms with Crippen LogP contribution in [0.15, 0.2) is 66.7 Å². The zero-order valence-electron chi connectivity index (χ0n) is 16.1. The Kier molecular flexibility index (Phi) is 3.70. The van der Waals surface area contributed by atoms with Crippen molar-refractivity contribution < 1.29 is 9.59 Å². The standard InChI is InChI=1S/C25H17BrClNO2/c1-13-10-11-14(12-19(13)27)28-23(29)21-20-15-6-2-4-8-17(15)25(26,22(21)24(28)30)18-9-5-3-7-16(18)20/h2-12,20-22H,1H3/t20?,21-,22-,25?/m1/s1. The molecule has 1 fully saturated rings. The number of carbonyl (C=O) groups excluding carboxylic acids is 2. The van der Waals surface area contributed by atoms with Gasteiger partial charge in [0.05, 0.1) is 21.8 Å². The predicted octanol–water partition coefficient (Wildman–Crippen LogP) is 5.55. The van der Waals surface area contributed by atoms with Crippen LogP contribution in [-0.4, -0.2) is 11.8 Å². The summed E-state index contributed by atoms with van der Waals surface area (Å²) in [5, 5.41) is 0.547. The highest BCUT2D eigenvalue weighted by atomic mass is 79.9. The lowest BCUT2D eigenvalue weighted by Gasteiger charge is -2.51. The number of alkyl halides is 1. The summed E-state index contributed by atoms with van der Waals surface area (Å²) in [5.74, 6) is -1.40. The number of amides is 2. The van der Waals surface area contributed by atoms with Gasteiger partial charge in [0.15, 0.2) is 0 Å². The van der Waals surface area contributed by atoms with E-state index in [1.54, 1.807) is 12.1 Å². The minimum Gasteiger partial charge on any atom is -0.274 e. The highest BCUT2D eigenvalue weighted by Crippen LogP contribution is 2.66. The van der Waals surface area contributed by atoms with Gasteiger partial charge in [-0.05, 0) is 46.9 Å². The second-order valence-corrected chi connectivity index (χ2v) is 9.97. The summed E-state index contributed by atoms with van der Waals surface area (Å²) in [6.07, 6.45) is 0. The second-order valence-electron chi connectivity index (χ2n) is 8.31. The first-order chi connectivity index (χ1) is 14.4. The topological polar surface area (TPSA) is 37.4 Å². The molecule has 1 aliphatic heterocycles. The SMILES string of the molecule is Cc1ccc(N2C(=O)[C@@H]3C4c5ccccc5C(Br)(c5ccccc54)[C@H]3C2=O)cc1Cl. The van der Waals surface area contributed by atoms with E-state index in [2.05, 4.69) is 40.2 Å². The minimum absolute atomic E-state index is 0.135. The van der Waals surface area contributed by atoms with Crippen LogP contribution in [0.1, 0.15) is 33.7 Å². The van der Waals surface area contributed by atoms with Crippen molar-refractivity contribution in [3.05, 3.63) is 99.6 Å². The van der Waals surface area contributed by atoms with Crippen LogP contribution in [-0.2, 0) is 13.9 Å². The van der Waals surface area contributed by atoms with Gasteiger partial charge in [-0.1, -0.05) is 82.1 Å². The number of hydrogen-bond acceptors (Lipinski definition) is 2. The Morgan fingerprint density at radius 2 is 1.50 bits per heavy atom. The first kappa shape index (κ1) is 18.3. The molecule has 0 radical (unpaired) electrons. The summed E-state index contributed by atoms with van der Waals surface area (Å²) in [4.78, 5) is 28.9. The van der Waals surface area contributed by atoms with Gasteiger partial charge < -0.3 is 0 Å². The predicted molar refractivity (Wildman–Crippen MR) is 120 cm³/mol. The zero-order valence-corrected chi connectivity index (χ0v) is 18.4. The summed E-state index contributed by atoms with van der Waals surface area (Å²) >= 11 is 10.3. The van der Waals surface area contributed by atoms with Gasteiger partial charge in [-0.3, -0.25) is 9.59 Å². The number of halogens is 2. The van der Waals surface area contributed by atoms with Crippen LogP contribution >= 0.6 is 27.5 Å². The van der Waals surface area contributed by atoms with E-state index in [9.17, 15) is 9.59 Å². The molecule has 1 heterocycles. The molecule has 0 N–H and O–H groups in total. The second kappa shape index (κ2) is 6.05. The van der Waals surface area contributed by atoms with Gasteiger partial charge in [-0.15, -0.1) is 0 Å². The molecule has 7 rings (SSSR count). The molecule has 3 aromatic rings. The van der Waals surface area contributed by atoms with Crippen molar-refractivity contribution in [2.75, 3.05) is 4.90 Å². The molecule has 2 atom stereocenters. The number of hydrogen-bond donors (Lipinski definition) is 0. The fourth-order valence-electron chi connectivity index (χ4n) is 5.65. The van der Waals surface area contributed by atoms with Crippen molar-refractivity contribution in [3.63, 3.8) is 0 Å². The summed E-state index contributed by atoms with van der Waals surface area (Å²) in [6, 6.07) is 21.7. The van der Waals surface area contributed by atoms with Gasteiger partial charge in [0, 0.05) is 10.9 Å². The first-order valence-corrected chi connectivity index (χ1v) is 11.1. The third-order valence-corrected chi connectivity index (χ3v) is 8.68. The van der Waals surface area contributed by atoms with Crippen molar-refractivity contribution in [1.29, 1.82) is 0 Å². The number of anilines is 1. The number of aryl methyl sites for hydroxylation is 1. The molecule has 5 heteroatoms. The van der Waals surface area contributed by atoms with Crippen molar-refractivity contribution in [2.24, 2.45) is 11.8 Å². The first-order valence-electron chi connectivity index (χ1n) is 9.96. The van der Waals surface area contributed by atoms with Crippen LogP contribution in [0.5, 0.6) is 0 Å². The van der Waals surface area contributed by atoms with Crippen molar-refractivity contribution >= 4 is 45.0 Å². The Morgan fingerprint density at radius 3 is 2.10 bits per heavy atom. The lowest BCUT2D eigenvalue weighted by atomic mass is 9.55. The molecule has 3 aliphatic carbocycles. The van der Waals surface area contributed by atoms with Crippen LogP contribution in [0.25, 0.3) is 0 Å². The molecule has 4 aliphatic rings. The maximum Gasteiger partial charge on any atom is 0.239 e. The van der Waals surface area contributed by atoms with Gasteiger partial charge in [0.2, 0.25) is 11.8 Å². The van der Waals surface area contributed by atoms with Gasteiger partial charge in [-0.25, -0.2) is 4.90 Å². The fraction of sp³-hybridized carbons (Fsp3) is 0.200. The molecule has 2 bridgehead atoms. The van der Waals surface area contributed by atoms with Crippen LogP contribution < -0.4 is 4.90 Å². The van der Waals surface area contributed by atoms with E-state index < -0.39 is 16.2 Å². The van der Waals surface area contributed by atoms with Crippen molar-refractivity contribution in [1.82, 2.24) is 0 Å². The number of imide groups is 1. The number of nitrogens with zero attached hydrogens (tertiary/aromatic N) is 1. The summed E-state index contributed by atoms with van der Waals surface area (Å²) in [7, 11) is 0. The van der Waals surface area contributed by atoms with Crippen LogP contribution in [0, 0.1) is 18.8 Å². The monoisotopic (exact) mass is 477 g/mol. The number of rotatable bonds is 1. The van der Waals surface area contributed by atoms with E-state index in [0.717, 1.165) is 27.8 Å². The number of benzene rings is 3. The van der Waals surface area contributed by atoms with Gasteiger partial charge in [0.1, 0.15) is 0 Å². The minimum atomic E-state index is -0.727. The molecular formula is C25H17BrClNO2.